The molecule has 2 N–H and O–H groups in total. The quantitative estimate of drug-likeness (QED) is 0.704. The molecular formula is C20H21ClN2O4. The van der Waals surface area contributed by atoms with Crippen molar-refractivity contribution in [2.24, 2.45) is 4.99 Å². The number of aliphatic imine (C=N–C) groups is 1. The summed E-state index contributed by atoms with van der Waals surface area (Å²) in [5, 5.41) is 12.6. The first-order chi connectivity index (χ1) is 13.0. The highest BCUT2D eigenvalue weighted by atomic mass is 35.5. The van der Waals surface area contributed by atoms with E-state index in [-0.39, 0.29) is 25.9 Å². The molecule has 142 valence electrons. The number of carboxylic acid groups (broad SMARTS) is 1. The number of carboxylic acids is 1. The van der Waals surface area contributed by atoms with Crippen molar-refractivity contribution < 1.29 is 19.4 Å². The van der Waals surface area contributed by atoms with Crippen molar-refractivity contribution in [1.29, 1.82) is 0 Å². The van der Waals surface area contributed by atoms with Crippen LogP contribution >= 0.6 is 11.6 Å². The van der Waals surface area contributed by atoms with E-state index in [4.69, 9.17) is 31.2 Å². The highest BCUT2D eigenvalue weighted by Gasteiger charge is 2.21. The van der Waals surface area contributed by atoms with Gasteiger partial charge in [0.2, 0.25) is 0 Å². The highest BCUT2D eigenvalue weighted by molar-refractivity contribution is 6.33. The van der Waals surface area contributed by atoms with Crippen molar-refractivity contribution in [2.45, 2.75) is 19.9 Å². The summed E-state index contributed by atoms with van der Waals surface area (Å²) < 4.78 is 10.6. The predicted octanol–water partition coefficient (Wildman–Crippen LogP) is 3.87. The van der Waals surface area contributed by atoms with Crippen molar-refractivity contribution in [3.05, 3.63) is 58.1 Å². The van der Waals surface area contributed by atoms with Gasteiger partial charge in [-0.3, -0.25) is 0 Å². The molecule has 2 aromatic rings. The lowest BCUT2D eigenvalue weighted by Crippen LogP contribution is -2.31. The van der Waals surface area contributed by atoms with Crippen LogP contribution in [0.3, 0.4) is 0 Å². The number of rotatable bonds is 7. The normalized spacial score (nSPS) is 15.5. The summed E-state index contributed by atoms with van der Waals surface area (Å²) in [5.41, 5.74) is 3.86. The first kappa shape index (κ1) is 19.2. The maximum Gasteiger partial charge on any atom is 0.329 e. The lowest BCUT2D eigenvalue weighted by molar-refractivity contribution is -0.142. The van der Waals surface area contributed by atoms with E-state index in [9.17, 15) is 4.79 Å². The molecule has 0 fully saturated rings. The molecule has 0 radical (unpaired) electrons. The summed E-state index contributed by atoms with van der Waals surface area (Å²) in [6, 6.07) is 11.6. The molecule has 6 nitrogen and oxygen atoms in total. The van der Waals surface area contributed by atoms with Gasteiger partial charge in [-0.25, -0.2) is 9.79 Å². The minimum atomic E-state index is -0.994. The molecule has 1 aliphatic rings. The standard InChI is InChI=1S/C20H21ClN2O4/c1-12-10-14(27-9-8-26-11-18(24)25)6-7-15(12)20-22-13(2)16-4-3-5-17(21)19(16)23-20/h3-7,10,13H,8-9,11H2,1-2H3,(H,22,23)(H,24,25). The molecule has 0 aromatic heterocycles. The second-order valence-corrected chi connectivity index (χ2v) is 6.68. The van der Waals surface area contributed by atoms with E-state index in [2.05, 4.69) is 12.2 Å². The van der Waals surface area contributed by atoms with Gasteiger partial charge in [0.15, 0.2) is 0 Å². The molecule has 1 aliphatic heterocycles. The Bertz CT molecular complexity index is 882. The van der Waals surface area contributed by atoms with Crippen LogP contribution in [0, 0.1) is 6.92 Å². The lowest BCUT2D eigenvalue weighted by atomic mass is 10.0. The monoisotopic (exact) mass is 388 g/mol. The molecule has 0 saturated heterocycles. The number of aliphatic carboxylic acids is 1. The molecule has 0 saturated carbocycles. The summed E-state index contributed by atoms with van der Waals surface area (Å²) in [6.07, 6.45) is 0. The Morgan fingerprint density at radius 3 is 2.85 bits per heavy atom. The number of nitrogens with zero attached hydrogens (tertiary/aromatic N) is 1. The molecule has 27 heavy (non-hydrogen) atoms. The van der Waals surface area contributed by atoms with Gasteiger partial charge in [0.25, 0.3) is 0 Å². The zero-order valence-corrected chi connectivity index (χ0v) is 15.9. The van der Waals surface area contributed by atoms with E-state index in [1.54, 1.807) is 0 Å². The Kier molecular flexibility index (Phi) is 5.98. The predicted molar refractivity (Wildman–Crippen MR) is 104 cm³/mol. The number of fused-ring (bicyclic) bond motifs is 1. The van der Waals surface area contributed by atoms with Gasteiger partial charge < -0.3 is 19.9 Å². The van der Waals surface area contributed by atoms with E-state index in [0.29, 0.717) is 10.8 Å². The lowest BCUT2D eigenvalue weighted by Gasteiger charge is -2.25. The molecule has 7 heteroatoms. The molecule has 0 aliphatic carbocycles. The number of nitrogens with one attached hydrogen (secondary N) is 1. The van der Waals surface area contributed by atoms with Gasteiger partial charge in [-0.2, -0.15) is 0 Å². The maximum atomic E-state index is 10.4. The average molecular weight is 389 g/mol. The van der Waals surface area contributed by atoms with E-state index < -0.39 is 5.97 Å². The van der Waals surface area contributed by atoms with Gasteiger partial charge in [0, 0.05) is 11.1 Å². The number of amidine groups is 1. The van der Waals surface area contributed by atoms with Crippen LogP contribution in [0.25, 0.3) is 0 Å². The first-order valence-corrected chi connectivity index (χ1v) is 9.00. The van der Waals surface area contributed by atoms with Crippen molar-refractivity contribution in [3.63, 3.8) is 0 Å². The molecule has 0 spiro atoms. The third kappa shape index (κ3) is 4.59. The number of halogens is 1. The Morgan fingerprint density at radius 1 is 1.30 bits per heavy atom. The molecular weight excluding hydrogens is 368 g/mol. The summed E-state index contributed by atoms with van der Waals surface area (Å²) in [6.45, 7) is 4.24. The zero-order chi connectivity index (χ0) is 19.4. The van der Waals surface area contributed by atoms with E-state index >= 15 is 0 Å². The van der Waals surface area contributed by atoms with Crippen LogP contribution in [0.2, 0.25) is 5.02 Å². The molecule has 1 atom stereocenters. The van der Waals surface area contributed by atoms with Gasteiger partial charge in [-0.1, -0.05) is 23.7 Å². The van der Waals surface area contributed by atoms with Crippen molar-refractivity contribution in [3.8, 4) is 5.75 Å². The topological polar surface area (TPSA) is 80.2 Å². The van der Waals surface area contributed by atoms with E-state index in [1.165, 1.54) is 0 Å². The van der Waals surface area contributed by atoms with Gasteiger partial charge in [0.1, 0.15) is 24.8 Å². The first-order valence-electron chi connectivity index (χ1n) is 8.62. The molecule has 2 aromatic carbocycles. The highest BCUT2D eigenvalue weighted by Crippen LogP contribution is 2.36. The van der Waals surface area contributed by atoms with Crippen molar-refractivity contribution in [2.75, 3.05) is 19.8 Å². The van der Waals surface area contributed by atoms with E-state index in [1.807, 2.05) is 43.3 Å². The fraction of sp³-hybridized carbons (Fsp3) is 0.300. The molecule has 0 bridgehead atoms. The van der Waals surface area contributed by atoms with Crippen LogP contribution < -0.4 is 10.1 Å². The van der Waals surface area contributed by atoms with Crippen LogP contribution in [-0.4, -0.2) is 36.7 Å². The minimum Gasteiger partial charge on any atom is -0.491 e. The average Bonchev–Trinajstić information content (AvgIpc) is 2.62. The van der Waals surface area contributed by atoms with Crippen LogP contribution in [0.5, 0.6) is 5.75 Å². The number of benzene rings is 2. The fourth-order valence-electron chi connectivity index (χ4n) is 2.93. The number of aryl methyl sites for hydroxylation is 1. The number of carbonyl (C=O) groups is 1. The van der Waals surface area contributed by atoms with Gasteiger partial charge in [0.05, 0.1) is 23.4 Å². The van der Waals surface area contributed by atoms with Gasteiger partial charge in [-0.05, 0) is 43.7 Å². The van der Waals surface area contributed by atoms with Gasteiger partial charge in [-0.15, -0.1) is 0 Å². The largest absolute Gasteiger partial charge is 0.491 e. The Morgan fingerprint density at radius 2 is 2.11 bits per heavy atom. The Balaban J connectivity index is 1.73. The van der Waals surface area contributed by atoms with Crippen molar-refractivity contribution >= 4 is 29.1 Å². The number of hydrogen-bond donors (Lipinski definition) is 2. The summed E-state index contributed by atoms with van der Waals surface area (Å²) in [7, 11) is 0. The third-order valence-electron chi connectivity index (χ3n) is 4.24. The zero-order valence-electron chi connectivity index (χ0n) is 15.2. The SMILES string of the molecule is Cc1cc(OCCOCC(=O)O)ccc1C1=Nc2c(Cl)cccc2C(C)N1. The van der Waals surface area contributed by atoms with Crippen LogP contribution in [0.4, 0.5) is 5.69 Å². The number of hydrogen-bond acceptors (Lipinski definition) is 5. The van der Waals surface area contributed by atoms with Crippen LogP contribution in [0.1, 0.15) is 29.7 Å². The molecule has 1 heterocycles. The summed E-state index contributed by atoms with van der Waals surface area (Å²) in [5.74, 6) is 0.474. The minimum absolute atomic E-state index is 0.105. The van der Waals surface area contributed by atoms with Gasteiger partial charge >= 0.3 is 5.97 Å². The second kappa shape index (κ2) is 8.41. The smallest absolute Gasteiger partial charge is 0.329 e. The summed E-state index contributed by atoms with van der Waals surface area (Å²) >= 11 is 6.32. The third-order valence-corrected chi connectivity index (χ3v) is 4.54. The number of para-hydroxylation sites is 1. The Hall–Kier alpha value is -2.57. The maximum absolute atomic E-state index is 10.4. The molecule has 0 amide bonds. The van der Waals surface area contributed by atoms with Crippen LogP contribution in [0.15, 0.2) is 41.4 Å². The molecule has 1 unspecified atom stereocenters. The molecule has 3 rings (SSSR count). The summed E-state index contributed by atoms with van der Waals surface area (Å²) in [4.78, 5) is 15.1. The van der Waals surface area contributed by atoms with E-state index in [0.717, 1.165) is 28.2 Å². The second-order valence-electron chi connectivity index (χ2n) is 6.28. The number of ether oxygens (including phenoxy) is 2. The fourth-order valence-corrected chi connectivity index (χ4v) is 3.16. The van der Waals surface area contributed by atoms with Crippen LogP contribution in [-0.2, 0) is 9.53 Å². The Labute approximate surface area is 162 Å². The van der Waals surface area contributed by atoms with Crippen molar-refractivity contribution in [1.82, 2.24) is 5.32 Å².